The molecule has 2 N–H and O–H groups in total. The van der Waals surface area contributed by atoms with Crippen LogP contribution in [-0.4, -0.2) is 34.7 Å². The highest BCUT2D eigenvalue weighted by Gasteiger charge is 2.19. The summed E-state index contributed by atoms with van der Waals surface area (Å²) in [6, 6.07) is 9.75. The monoisotopic (exact) mass is 362 g/mol. The molecule has 3 aromatic rings. The van der Waals surface area contributed by atoms with E-state index in [1.807, 2.05) is 6.07 Å². The van der Waals surface area contributed by atoms with Crippen LogP contribution < -0.4 is 18.9 Å². The number of nitrogens with one attached hydrogen (secondary N) is 2. The molecular formula is C17H18N2O5S. The third-order valence-corrected chi connectivity index (χ3v) is 5.13. The molecule has 25 heavy (non-hydrogen) atoms. The van der Waals surface area contributed by atoms with E-state index in [9.17, 15) is 8.42 Å². The molecule has 0 radical (unpaired) electrons. The van der Waals surface area contributed by atoms with Gasteiger partial charge in [-0.15, -0.1) is 0 Å². The zero-order valence-electron chi connectivity index (χ0n) is 14.0. The van der Waals surface area contributed by atoms with Crippen LogP contribution in [0.3, 0.4) is 0 Å². The molecule has 0 aliphatic heterocycles. The quantitative estimate of drug-likeness (QED) is 0.704. The number of ether oxygens (including phenoxy) is 3. The summed E-state index contributed by atoms with van der Waals surface area (Å²) in [5.74, 6) is 1.11. The number of hydrogen-bond donors (Lipinski definition) is 2. The van der Waals surface area contributed by atoms with Gasteiger partial charge in [-0.05, 0) is 24.3 Å². The number of aromatic nitrogens is 1. The number of benzene rings is 2. The Kier molecular flexibility index (Phi) is 4.45. The first-order chi connectivity index (χ1) is 12.0. The average Bonchev–Trinajstić information content (AvgIpc) is 3.08. The van der Waals surface area contributed by atoms with Gasteiger partial charge >= 0.3 is 0 Å². The van der Waals surface area contributed by atoms with Crippen LogP contribution >= 0.6 is 0 Å². The van der Waals surface area contributed by atoms with Crippen molar-refractivity contribution in [2.24, 2.45) is 0 Å². The smallest absolute Gasteiger partial charge is 0.261 e. The summed E-state index contributed by atoms with van der Waals surface area (Å²) in [7, 11) is 0.650. The molecule has 0 fully saturated rings. The standard InChI is InChI=1S/C17H18N2O5S/c1-22-15-9-12(10-16(23-2)17(15)24-3)19-25(20,21)13-4-5-14-11(8-13)6-7-18-14/h4-10,18-19H,1-3H3. The largest absolute Gasteiger partial charge is 0.493 e. The molecule has 0 bridgehead atoms. The maximum Gasteiger partial charge on any atom is 0.261 e. The highest BCUT2D eigenvalue weighted by atomic mass is 32.2. The van der Waals surface area contributed by atoms with Gasteiger partial charge in [0.15, 0.2) is 11.5 Å². The van der Waals surface area contributed by atoms with E-state index in [2.05, 4.69) is 9.71 Å². The molecule has 0 saturated heterocycles. The Morgan fingerprint density at radius 2 is 1.60 bits per heavy atom. The van der Waals surface area contributed by atoms with Gasteiger partial charge in [-0.1, -0.05) is 0 Å². The van der Waals surface area contributed by atoms with Crippen molar-refractivity contribution in [2.45, 2.75) is 4.90 Å². The third kappa shape index (κ3) is 3.20. The van der Waals surface area contributed by atoms with Crippen LogP contribution in [0, 0.1) is 0 Å². The maximum atomic E-state index is 12.7. The van der Waals surface area contributed by atoms with Crippen molar-refractivity contribution in [3.8, 4) is 17.2 Å². The van der Waals surface area contributed by atoms with Crippen molar-refractivity contribution in [1.29, 1.82) is 0 Å². The Morgan fingerprint density at radius 1 is 0.920 bits per heavy atom. The molecule has 0 aliphatic carbocycles. The molecule has 0 unspecified atom stereocenters. The highest BCUT2D eigenvalue weighted by molar-refractivity contribution is 7.92. The fourth-order valence-electron chi connectivity index (χ4n) is 2.55. The van der Waals surface area contributed by atoms with Gasteiger partial charge in [0.05, 0.1) is 31.9 Å². The summed E-state index contributed by atoms with van der Waals surface area (Å²) < 4.78 is 43.6. The van der Waals surface area contributed by atoms with Gasteiger partial charge in [0.1, 0.15) is 0 Å². The lowest BCUT2D eigenvalue weighted by atomic mass is 10.2. The second kappa shape index (κ2) is 6.56. The molecule has 0 saturated carbocycles. The second-order valence-corrected chi connectivity index (χ2v) is 6.93. The minimum Gasteiger partial charge on any atom is -0.493 e. The van der Waals surface area contributed by atoms with Crippen LogP contribution in [0.15, 0.2) is 47.5 Å². The van der Waals surface area contributed by atoms with Gasteiger partial charge in [0.2, 0.25) is 5.75 Å². The zero-order valence-corrected chi connectivity index (χ0v) is 14.8. The van der Waals surface area contributed by atoms with E-state index in [1.54, 1.807) is 24.4 Å². The van der Waals surface area contributed by atoms with Gasteiger partial charge in [0.25, 0.3) is 10.0 Å². The maximum absolute atomic E-state index is 12.7. The Hall–Kier alpha value is -2.87. The Labute approximate surface area is 145 Å². The molecule has 7 nitrogen and oxygen atoms in total. The van der Waals surface area contributed by atoms with E-state index >= 15 is 0 Å². The first-order valence-electron chi connectivity index (χ1n) is 7.38. The summed E-state index contributed by atoms with van der Waals surface area (Å²) in [4.78, 5) is 3.19. The Balaban J connectivity index is 2.00. The van der Waals surface area contributed by atoms with E-state index in [4.69, 9.17) is 14.2 Å². The first-order valence-corrected chi connectivity index (χ1v) is 8.87. The molecule has 0 amide bonds. The van der Waals surface area contributed by atoms with Crippen LogP contribution in [0.1, 0.15) is 0 Å². The zero-order chi connectivity index (χ0) is 18.0. The molecule has 1 heterocycles. The average molecular weight is 362 g/mol. The third-order valence-electron chi connectivity index (χ3n) is 3.75. The predicted molar refractivity (Wildman–Crippen MR) is 95.2 cm³/mol. The van der Waals surface area contributed by atoms with E-state index in [0.717, 1.165) is 10.9 Å². The van der Waals surface area contributed by atoms with E-state index in [-0.39, 0.29) is 4.90 Å². The molecule has 0 atom stereocenters. The number of sulfonamides is 1. The number of fused-ring (bicyclic) bond motifs is 1. The van der Waals surface area contributed by atoms with Crippen LogP contribution in [-0.2, 0) is 10.0 Å². The lowest BCUT2D eigenvalue weighted by Crippen LogP contribution is -2.13. The summed E-state index contributed by atoms with van der Waals surface area (Å²) in [5, 5.41) is 0.813. The van der Waals surface area contributed by atoms with Crippen molar-refractivity contribution < 1.29 is 22.6 Å². The van der Waals surface area contributed by atoms with Gasteiger partial charge in [0, 0.05) is 29.2 Å². The minimum atomic E-state index is -3.77. The predicted octanol–water partition coefficient (Wildman–Crippen LogP) is 2.99. The SMILES string of the molecule is COc1cc(NS(=O)(=O)c2ccc3[nH]ccc3c2)cc(OC)c1OC. The molecule has 1 aromatic heterocycles. The first kappa shape index (κ1) is 17.0. The Bertz CT molecular complexity index is 986. The number of anilines is 1. The van der Waals surface area contributed by atoms with E-state index in [1.165, 1.54) is 33.5 Å². The number of H-pyrrole nitrogens is 1. The van der Waals surface area contributed by atoms with Gasteiger partial charge in [-0.3, -0.25) is 4.72 Å². The molecule has 0 aliphatic rings. The van der Waals surface area contributed by atoms with E-state index < -0.39 is 10.0 Å². The number of rotatable bonds is 6. The van der Waals surface area contributed by atoms with Crippen molar-refractivity contribution in [3.63, 3.8) is 0 Å². The molecule has 3 rings (SSSR count). The van der Waals surface area contributed by atoms with Crippen LogP contribution in [0.2, 0.25) is 0 Å². The number of methoxy groups -OCH3 is 3. The molecular weight excluding hydrogens is 344 g/mol. The lowest BCUT2D eigenvalue weighted by Gasteiger charge is -2.15. The summed E-state index contributed by atoms with van der Waals surface area (Å²) in [5.41, 5.74) is 1.18. The molecule has 8 heteroatoms. The van der Waals surface area contributed by atoms with Crippen molar-refractivity contribution in [1.82, 2.24) is 4.98 Å². The highest BCUT2D eigenvalue weighted by Crippen LogP contribution is 2.40. The summed E-state index contributed by atoms with van der Waals surface area (Å²) >= 11 is 0. The minimum absolute atomic E-state index is 0.161. The molecule has 132 valence electrons. The number of aromatic amines is 1. The topological polar surface area (TPSA) is 89.7 Å². The lowest BCUT2D eigenvalue weighted by molar-refractivity contribution is 0.325. The normalized spacial score (nSPS) is 11.3. The van der Waals surface area contributed by atoms with Crippen molar-refractivity contribution in [2.75, 3.05) is 26.1 Å². The van der Waals surface area contributed by atoms with E-state index in [0.29, 0.717) is 22.9 Å². The van der Waals surface area contributed by atoms with Gasteiger partial charge < -0.3 is 19.2 Å². The van der Waals surface area contributed by atoms with Crippen molar-refractivity contribution >= 4 is 26.6 Å². The Morgan fingerprint density at radius 3 is 2.20 bits per heavy atom. The fourth-order valence-corrected chi connectivity index (χ4v) is 3.63. The van der Waals surface area contributed by atoms with Crippen LogP contribution in [0.25, 0.3) is 10.9 Å². The van der Waals surface area contributed by atoms with Crippen LogP contribution in [0.5, 0.6) is 17.2 Å². The number of hydrogen-bond acceptors (Lipinski definition) is 5. The molecule has 0 spiro atoms. The van der Waals surface area contributed by atoms with Crippen molar-refractivity contribution in [3.05, 3.63) is 42.6 Å². The summed E-state index contributed by atoms with van der Waals surface area (Å²) in [6.07, 6.45) is 1.76. The molecule has 2 aromatic carbocycles. The van der Waals surface area contributed by atoms with Gasteiger partial charge in [-0.2, -0.15) is 0 Å². The second-order valence-electron chi connectivity index (χ2n) is 5.25. The van der Waals surface area contributed by atoms with Crippen LogP contribution in [0.4, 0.5) is 5.69 Å². The fraction of sp³-hybridized carbons (Fsp3) is 0.176. The van der Waals surface area contributed by atoms with Gasteiger partial charge in [-0.25, -0.2) is 8.42 Å². The summed E-state index contributed by atoms with van der Waals surface area (Å²) in [6.45, 7) is 0.